The van der Waals surface area contributed by atoms with E-state index in [9.17, 15) is 9.59 Å². The van der Waals surface area contributed by atoms with E-state index >= 15 is 0 Å². The highest BCUT2D eigenvalue weighted by molar-refractivity contribution is 5.92. The maximum absolute atomic E-state index is 12.0. The number of carboxylic acids is 1. The molecule has 0 aromatic heterocycles. The second-order valence-electron chi connectivity index (χ2n) is 5.39. The molecule has 0 bridgehead atoms. The van der Waals surface area contributed by atoms with Crippen molar-refractivity contribution in [3.8, 4) is 5.75 Å². The number of ether oxygens (including phenoxy) is 1. The smallest absolute Gasteiger partial charge is 0.306 e. The number of amides is 1. The summed E-state index contributed by atoms with van der Waals surface area (Å²) in [5, 5.41) is 11.8. The first kappa shape index (κ1) is 19.3. The Kier molecular flexibility index (Phi) is 7.85. The number of nitrogens with one attached hydrogen (secondary N) is 1. The molecule has 128 valence electrons. The van der Waals surface area contributed by atoms with Gasteiger partial charge in [0.05, 0.1) is 19.1 Å². The molecule has 0 spiro atoms. The van der Waals surface area contributed by atoms with Crippen LogP contribution in [0.1, 0.15) is 19.8 Å². The van der Waals surface area contributed by atoms with Crippen molar-refractivity contribution in [3.05, 3.63) is 24.3 Å². The number of halogens is 1. The molecule has 1 aromatic rings. The zero-order valence-electron chi connectivity index (χ0n) is 13.2. The Hall–Kier alpha value is -1.79. The summed E-state index contributed by atoms with van der Waals surface area (Å²) in [6.45, 7) is 4.11. The van der Waals surface area contributed by atoms with E-state index in [0.29, 0.717) is 39.1 Å². The van der Waals surface area contributed by atoms with Crippen molar-refractivity contribution in [3.63, 3.8) is 0 Å². The first-order chi connectivity index (χ1) is 10.6. The number of carbonyl (C=O) groups is 2. The predicted molar refractivity (Wildman–Crippen MR) is 90.3 cm³/mol. The molecule has 0 unspecified atom stereocenters. The Bertz CT molecular complexity index is 513. The van der Waals surface area contributed by atoms with Gasteiger partial charge in [-0.15, -0.1) is 12.4 Å². The third kappa shape index (κ3) is 6.08. The van der Waals surface area contributed by atoms with Gasteiger partial charge in [0.15, 0.2) is 0 Å². The van der Waals surface area contributed by atoms with Gasteiger partial charge in [-0.3, -0.25) is 14.5 Å². The van der Waals surface area contributed by atoms with Gasteiger partial charge in [-0.25, -0.2) is 0 Å². The van der Waals surface area contributed by atoms with Crippen LogP contribution in [0.25, 0.3) is 0 Å². The van der Waals surface area contributed by atoms with Crippen molar-refractivity contribution < 1.29 is 19.4 Å². The molecule has 6 nitrogen and oxygen atoms in total. The highest BCUT2D eigenvalue weighted by Gasteiger charge is 2.25. The summed E-state index contributed by atoms with van der Waals surface area (Å²) in [5.41, 5.74) is 0.730. The fourth-order valence-corrected chi connectivity index (χ4v) is 2.54. The molecule has 7 heteroatoms. The van der Waals surface area contributed by atoms with E-state index in [1.807, 2.05) is 24.0 Å². The van der Waals surface area contributed by atoms with Crippen LogP contribution >= 0.6 is 12.4 Å². The van der Waals surface area contributed by atoms with E-state index in [2.05, 4.69) is 5.32 Å². The number of hydrogen-bond donors (Lipinski definition) is 2. The molecule has 1 saturated heterocycles. The summed E-state index contributed by atoms with van der Waals surface area (Å²) in [6, 6.07) is 7.24. The number of likely N-dealkylation sites (tertiary alicyclic amines) is 1. The first-order valence-electron chi connectivity index (χ1n) is 7.56. The number of anilines is 1. The average Bonchev–Trinajstić information content (AvgIpc) is 2.50. The lowest BCUT2D eigenvalue weighted by Crippen LogP contribution is -2.40. The largest absolute Gasteiger partial charge is 0.494 e. The summed E-state index contributed by atoms with van der Waals surface area (Å²) >= 11 is 0. The van der Waals surface area contributed by atoms with Gasteiger partial charge in [-0.05, 0) is 57.1 Å². The number of nitrogens with zero attached hydrogens (tertiary/aromatic N) is 1. The number of piperidine rings is 1. The summed E-state index contributed by atoms with van der Waals surface area (Å²) in [4.78, 5) is 24.9. The third-order valence-electron chi connectivity index (χ3n) is 3.75. The Labute approximate surface area is 142 Å². The second-order valence-corrected chi connectivity index (χ2v) is 5.39. The van der Waals surface area contributed by atoms with Crippen molar-refractivity contribution in [2.45, 2.75) is 19.8 Å². The zero-order valence-corrected chi connectivity index (χ0v) is 14.0. The molecular formula is C16H23ClN2O4. The van der Waals surface area contributed by atoms with Gasteiger partial charge in [-0.1, -0.05) is 0 Å². The Morgan fingerprint density at radius 1 is 1.26 bits per heavy atom. The summed E-state index contributed by atoms with van der Waals surface area (Å²) in [5.74, 6) is -0.321. The van der Waals surface area contributed by atoms with Crippen LogP contribution in [0.3, 0.4) is 0 Å². The van der Waals surface area contributed by atoms with Crippen LogP contribution in [0.5, 0.6) is 5.75 Å². The van der Waals surface area contributed by atoms with Gasteiger partial charge in [0.1, 0.15) is 5.75 Å². The van der Waals surface area contributed by atoms with E-state index in [-0.39, 0.29) is 24.2 Å². The minimum Gasteiger partial charge on any atom is -0.494 e. The molecule has 1 amide bonds. The molecule has 0 atom stereocenters. The lowest BCUT2D eigenvalue weighted by Gasteiger charge is -2.29. The predicted octanol–water partition coefficient (Wildman–Crippen LogP) is 2.24. The topological polar surface area (TPSA) is 78.9 Å². The molecule has 1 heterocycles. The molecule has 0 aliphatic carbocycles. The molecule has 23 heavy (non-hydrogen) atoms. The van der Waals surface area contributed by atoms with Crippen molar-refractivity contribution in [2.24, 2.45) is 5.92 Å². The standard InChI is InChI=1S/C16H22N2O4.ClH/c1-2-22-14-5-3-13(4-6-14)17-15(19)11-18-9-7-12(8-10-18)16(20)21;/h3-6,12H,2,7-11H2,1H3,(H,17,19)(H,20,21);1H. The molecule has 2 rings (SSSR count). The SMILES string of the molecule is CCOc1ccc(NC(=O)CN2CCC(C(=O)O)CC2)cc1.Cl. The number of carbonyl (C=O) groups excluding carboxylic acids is 1. The minimum absolute atomic E-state index is 0. The summed E-state index contributed by atoms with van der Waals surface area (Å²) in [6.07, 6.45) is 1.21. The molecule has 1 fully saturated rings. The van der Waals surface area contributed by atoms with Crippen molar-refractivity contribution in [1.29, 1.82) is 0 Å². The summed E-state index contributed by atoms with van der Waals surface area (Å²) < 4.78 is 5.35. The fourth-order valence-electron chi connectivity index (χ4n) is 2.54. The van der Waals surface area contributed by atoms with Gasteiger partial charge in [0.25, 0.3) is 0 Å². The van der Waals surface area contributed by atoms with Crippen LogP contribution in [0, 0.1) is 5.92 Å². The minimum atomic E-state index is -0.738. The Morgan fingerprint density at radius 2 is 1.87 bits per heavy atom. The number of carboxylic acid groups (broad SMARTS) is 1. The second kappa shape index (κ2) is 9.37. The number of benzene rings is 1. The lowest BCUT2D eigenvalue weighted by molar-refractivity contribution is -0.143. The average molecular weight is 343 g/mol. The van der Waals surface area contributed by atoms with E-state index in [1.165, 1.54) is 0 Å². The maximum atomic E-state index is 12.0. The molecule has 0 radical (unpaired) electrons. The van der Waals surface area contributed by atoms with Gasteiger partial charge in [0, 0.05) is 5.69 Å². The van der Waals surface area contributed by atoms with Crippen molar-refractivity contribution in [1.82, 2.24) is 4.90 Å². The van der Waals surface area contributed by atoms with E-state index in [1.54, 1.807) is 12.1 Å². The van der Waals surface area contributed by atoms with Gasteiger partial charge >= 0.3 is 5.97 Å². The number of hydrogen-bond acceptors (Lipinski definition) is 4. The van der Waals surface area contributed by atoms with Gasteiger partial charge < -0.3 is 15.2 Å². The Balaban J connectivity index is 0.00000264. The maximum Gasteiger partial charge on any atom is 0.306 e. The van der Waals surface area contributed by atoms with Crippen LogP contribution < -0.4 is 10.1 Å². The van der Waals surface area contributed by atoms with E-state index in [0.717, 1.165) is 11.4 Å². The number of rotatable bonds is 6. The summed E-state index contributed by atoms with van der Waals surface area (Å²) in [7, 11) is 0. The van der Waals surface area contributed by atoms with Crippen LogP contribution in [0.15, 0.2) is 24.3 Å². The molecule has 1 aliphatic heterocycles. The van der Waals surface area contributed by atoms with E-state index < -0.39 is 5.97 Å². The highest BCUT2D eigenvalue weighted by atomic mass is 35.5. The molecule has 1 aliphatic rings. The molecule has 0 saturated carbocycles. The quantitative estimate of drug-likeness (QED) is 0.829. The van der Waals surface area contributed by atoms with Crippen LogP contribution in [0.4, 0.5) is 5.69 Å². The monoisotopic (exact) mass is 342 g/mol. The molecule has 1 aromatic carbocycles. The van der Waals surface area contributed by atoms with E-state index in [4.69, 9.17) is 9.84 Å². The van der Waals surface area contributed by atoms with Gasteiger partial charge in [0.2, 0.25) is 5.91 Å². The van der Waals surface area contributed by atoms with Crippen molar-refractivity contribution >= 4 is 30.0 Å². The lowest BCUT2D eigenvalue weighted by atomic mass is 9.97. The third-order valence-corrected chi connectivity index (χ3v) is 3.75. The van der Waals surface area contributed by atoms with Gasteiger partial charge in [-0.2, -0.15) is 0 Å². The zero-order chi connectivity index (χ0) is 15.9. The Morgan fingerprint density at radius 3 is 2.39 bits per heavy atom. The van der Waals surface area contributed by atoms with Crippen LogP contribution in [-0.4, -0.2) is 48.1 Å². The number of aliphatic carboxylic acids is 1. The highest BCUT2D eigenvalue weighted by Crippen LogP contribution is 2.18. The normalized spacial score (nSPS) is 15.5. The molecule has 2 N–H and O–H groups in total. The fraction of sp³-hybridized carbons (Fsp3) is 0.500. The first-order valence-corrected chi connectivity index (χ1v) is 7.56. The van der Waals surface area contributed by atoms with Crippen molar-refractivity contribution in [2.75, 3.05) is 31.6 Å². The molecular weight excluding hydrogens is 320 g/mol. The van der Waals surface area contributed by atoms with Crippen LogP contribution in [0.2, 0.25) is 0 Å². The van der Waals surface area contributed by atoms with Crippen LogP contribution in [-0.2, 0) is 9.59 Å².